The van der Waals surface area contributed by atoms with Crippen LogP contribution in [0.15, 0.2) is 18.2 Å². The van der Waals surface area contributed by atoms with Gasteiger partial charge in [-0.05, 0) is 24.1 Å². The molecule has 0 radical (unpaired) electrons. The van der Waals surface area contributed by atoms with E-state index in [0.717, 1.165) is 12.1 Å². The number of nitrogens with zero attached hydrogens (tertiary/aromatic N) is 1. The molecule has 0 aliphatic carbocycles. The summed E-state index contributed by atoms with van der Waals surface area (Å²) in [5.41, 5.74) is -0.0127. The monoisotopic (exact) mass is 247 g/mol. The SMILES string of the molecule is O=C(O)N(O)CC[C@H](O)c1cc(F)cc(F)c1. The lowest BCUT2D eigenvalue weighted by atomic mass is 10.1. The molecule has 0 aromatic heterocycles. The number of carbonyl (C=O) groups is 1. The fourth-order valence-electron chi connectivity index (χ4n) is 1.27. The molecule has 17 heavy (non-hydrogen) atoms. The number of hydrogen-bond donors (Lipinski definition) is 3. The van der Waals surface area contributed by atoms with Gasteiger partial charge in [-0.15, -0.1) is 0 Å². The minimum Gasteiger partial charge on any atom is -0.463 e. The molecule has 0 aliphatic heterocycles. The largest absolute Gasteiger partial charge is 0.463 e. The van der Waals surface area contributed by atoms with Crippen molar-refractivity contribution in [2.45, 2.75) is 12.5 Å². The predicted octanol–water partition coefficient (Wildman–Crippen LogP) is 1.76. The molecule has 0 spiro atoms. The van der Waals surface area contributed by atoms with Crippen LogP contribution in [0.2, 0.25) is 0 Å². The highest BCUT2D eigenvalue weighted by molar-refractivity contribution is 5.63. The third-order valence-corrected chi connectivity index (χ3v) is 2.10. The lowest BCUT2D eigenvalue weighted by molar-refractivity contribution is -0.0702. The Kier molecular flexibility index (Phi) is 4.36. The Hall–Kier alpha value is -1.73. The van der Waals surface area contributed by atoms with Crippen LogP contribution < -0.4 is 0 Å². The summed E-state index contributed by atoms with van der Waals surface area (Å²) in [5.74, 6) is -1.67. The average Bonchev–Trinajstić information content (AvgIpc) is 2.23. The summed E-state index contributed by atoms with van der Waals surface area (Å²) in [5, 5.41) is 26.7. The maximum atomic E-state index is 12.8. The van der Waals surface area contributed by atoms with Gasteiger partial charge in [-0.1, -0.05) is 0 Å². The number of halogens is 2. The number of carboxylic acid groups (broad SMARTS) is 1. The van der Waals surface area contributed by atoms with Gasteiger partial charge in [0.25, 0.3) is 0 Å². The summed E-state index contributed by atoms with van der Waals surface area (Å²) in [7, 11) is 0. The van der Waals surface area contributed by atoms with E-state index in [-0.39, 0.29) is 23.6 Å². The van der Waals surface area contributed by atoms with Crippen LogP contribution in [0.4, 0.5) is 13.6 Å². The van der Waals surface area contributed by atoms with E-state index in [1.165, 1.54) is 0 Å². The molecule has 0 aliphatic rings. The molecule has 0 saturated carbocycles. The van der Waals surface area contributed by atoms with Crippen LogP contribution >= 0.6 is 0 Å². The van der Waals surface area contributed by atoms with Crippen molar-refractivity contribution < 1.29 is 29.0 Å². The smallest absolute Gasteiger partial charge is 0.431 e. The molecule has 3 N–H and O–H groups in total. The normalized spacial score (nSPS) is 12.2. The molecule has 1 atom stereocenters. The van der Waals surface area contributed by atoms with Gasteiger partial charge in [0.2, 0.25) is 0 Å². The molecule has 0 saturated heterocycles. The van der Waals surface area contributed by atoms with Crippen LogP contribution in [0.5, 0.6) is 0 Å². The fraction of sp³-hybridized carbons (Fsp3) is 0.300. The Morgan fingerprint density at radius 3 is 2.29 bits per heavy atom. The molecular weight excluding hydrogens is 236 g/mol. The second kappa shape index (κ2) is 5.55. The maximum Gasteiger partial charge on any atom is 0.431 e. The van der Waals surface area contributed by atoms with Gasteiger partial charge in [-0.3, -0.25) is 5.21 Å². The highest BCUT2D eigenvalue weighted by Crippen LogP contribution is 2.19. The van der Waals surface area contributed by atoms with Crippen molar-refractivity contribution >= 4 is 6.09 Å². The second-order valence-electron chi connectivity index (χ2n) is 3.41. The Morgan fingerprint density at radius 2 is 1.82 bits per heavy atom. The molecule has 1 aromatic carbocycles. The zero-order valence-electron chi connectivity index (χ0n) is 8.68. The number of aliphatic hydroxyl groups is 1. The van der Waals surface area contributed by atoms with Crippen molar-refractivity contribution in [1.29, 1.82) is 0 Å². The molecule has 0 bridgehead atoms. The Balaban J connectivity index is 2.63. The van der Waals surface area contributed by atoms with E-state index >= 15 is 0 Å². The quantitative estimate of drug-likeness (QED) is 0.559. The fourth-order valence-corrected chi connectivity index (χ4v) is 1.27. The summed E-state index contributed by atoms with van der Waals surface area (Å²) >= 11 is 0. The molecule has 0 unspecified atom stereocenters. The van der Waals surface area contributed by atoms with Crippen molar-refractivity contribution in [3.8, 4) is 0 Å². The molecular formula is C10H11F2NO4. The average molecular weight is 247 g/mol. The zero-order chi connectivity index (χ0) is 13.0. The molecule has 1 amide bonds. The second-order valence-corrected chi connectivity index (χ2v) is 3.41. The Labute approximate surface area is 95.5 Å². The highest BCUT2D eigenvalue weighted by Gasteiger charge is 2.14. The lowest BCUT2D eigenvalue weighted by Gasteiger charge is -2.14. The van der Waals surface area contributed by atoms with Crippen molar-refractivity contribution in [2.24, 2.45) is 0 Å². The number of benzene rings is 1. The van der Waals surface area contributed by atoms with Crippen LogP contribution in [-0.4, -0.2) is 33.1 Å². The Bertz CT molecular complexity index is 393. The van der Waals surface area contributed by atoms with Crippen LogP contribution in [0.3, 0.4) is 0 Å². The summed E-state index contributed by atoms with van der Waals surface area (Å²) in [6, 6.07) is 2.54. The minimum absolute atomic E-state index is 0.0127. The van der Waals surface area contributed by atoms with Gasteiger partial charge in [0, 0.05) is 6.07 Å². The van der Waals surface area contributed by atoms with Gasteiger partial charge in [0.15, 0.2) is 0 Å². The third kappa shape index (κ3) is 3.97. The van der Waals surface area contributed by atoms with Crippen molar-refractivity contribution in [3.63, 3.8) is 0 Å². The molecule has 1 aromatic rings. The van der Waals surface area contributed by atoms with Gasteiger partial charge >= 0.3 is 6.09 Å². The van der Waals surface area contributed by atoms with Gasteiger partial charge in [-0.25, -0.2) is 13.6 Å². The highest BCUT2D eigenvalue weighted by atomic mass is 19.1. The van der Waals surface area contributed by atoms with Gasteiger partial charge in [0.05, 0.1) is 12.6 Å². The number of hydrogen-bond acceptors (Lipinski definition) is 3. The van der Waals surface area contributed by atoms with E-state index in [9.17, 15) is 18.7 Å². The Morgan fingerprint density at radius 1 is 1.29 bits per heavy atom. The minimum atomic E-state index is -1.57. The van der Waals surface area contributed by atoms with Crippen LogP contribution in [0.25, 0.3) is 0 Å². The van der Waals surface area contributed by atoms with Crippen molar-refractivity contribution in [1.82, 2.24) is 5.06 Å². The van der Waals surface area contributed by atoms with Gasteiger partial charge in [-0.2, -0.15) is 5.06 Å². The van der Waals surface area contributed by atoms with E-state index in [0.29, 0.717) is 6.07 Å². The van der Waals surface area contributed by atoms with Crippen LogP contribution in [0.1, 0.15) is 18.1 Å². The first-order chi connectivity index (χ1) is 7.90. The number of hydroxylamine groups is 2. The first-order valence-electron chi connectivity index (χ1n) is 4.73. The van der Waals surface area contributed by atoms with Gasteiger partial charge in [0.1, 0.15) is 11.6 Å². The summed E-state index contributed by atoms with van der Waals surface area (Å²) in [6.07, 6.45) is -3.00. The lowest BCUT2D eigenvalue weighted by Crippen LogP contribution is -2.27. The predicted molar refractivity (Wildman–Crippen MR) is 52.5 cm³/mol. The topological polar surface area (TPSA) is 81.0 Å². The van der Waals surface area contributed by atoms with E-state index in [4.69, 9.17) is 10.3 Å². The van der Waals surface area contributed by atoms with Crippen molar-refractivity contribution in [3.05, 3.63) is 35.4 Å². The number of amides is 1. The van der Waals surface area contributed by atoms with Gasteiger partial charge < -0.3 is 10.2 Å². The number of aliphatic hydroxyl groups excluding tert-OH is 1. The maximum absolute atomic E-state index is 12.8. The molecule has 94 valence electrons. The van der Waals surface area contributed by atoms with E-state index in [1.807, 2.05) is 0 Å². The molecule has 7 heteroatoms. The van der Waals surface area contributed by atoms with E-state index < -0.39 is 23.8 Å². The van der Waals surface area contributed by atoms with Crippen LogP contribution in [0, 0.1) is 11.6 Å². The summed E-state index contributed by atoms with van der Waals surface area (Å²) in [4.78, 5) is 10.2. The molecule has 0 heterocycles. The van der Waals surface area contributed by atoms with E-state index in [2.05, 4.69) is 0 Å². The number of rotatable bonds is 4. The standard InChI is InChI=1S/C10H11F2NO4/c11-7-3-6(4-8(12)5-7)9(14)1-2-13(17)10(15)16/h3-5,9,14,17H,1-2H2,(H,15,16)/t9-/m0/s1. The molecule has 0 fully saturated rings. The molecule has 5 nitrogen and oxygen atoms in total. The first kappa shape index (κ1) is 13.3. The van der Waals surface area contributed by atoms with Crippen LogP contribution in [-0.2, 0) is 0 Å². The zero-order valence-corrected chi connectivity index (χ0v) is 8.68. The first-order valence-corrected chi connectivity index (χ1v) is 4.73. The van der Waals surface area contributed by atoms with E-state index in [1.54, 1.807) is 0 Å². The van der Waals surface area contributed by atoms with Crippen molar-refractivity contribution in [2.75, 3.05) is 6.54 Å². The third-order valence-electron chi connectivity index (χ3n) is 2.10. The summed E-state index contributed by atoms with van der Waals surface area (Å²) in [6.45, 7) is -0.366. The summed E-state index contributed by atoms with van der Waals surface area (Å²) < 4.78 is 25.6. The molecule has 1 rings (SSSR count).